The van der Waals surface area contributed by atoms with Crippen molar-refractivity contribution < 1.29 is 91.7 Å². The Balaban J connectivity index is 3.85. The standard InChI is InChI=1S/C12F18O3S/c13-1-2(14)4(16)6(34(30,31)32)5(3(1)15)33-12(28,29)10(23,24)8(19,20)7(17,18)9(21,22)11(25,26)27. The number of alkyl halides is 13. The summed E-state index contributed by atoms with van der Waals surface area (Å²) in [6.07, 6.45) is -15.6. The molecule has 1 aromatic carbocycles. The molecular weight excluding hydrogens is 566 g/mol. The molecule has 198 valence electrons. The Bertz CT molecular complexity index is 1070. The van der Waals surface area contributed by atoms with Crippen LogP contribution < -0.4 is 4.74 Å². The highest BCUT2D eigenvalue weighted by Gasteiger charge is 2.91. The highest BCUT2D eigenvalue weighted by molar-refractivity contribution is 7.86. The van der Waals surface area contributed by atoms with Crippen LogP contribution in [0.4, 0.5) is 78.5 Å². The van der Waals surface area contributed by atoms with E-state index in [0.717, 1.165) is 0 Å². The summed E-state index contributed by atoms with van der Waals surface area (Å²) < 4.78 is 258. The monoisotopic (exact) mass is 566 g/mol. The largest absolute Gasteiger partial charge is 0.471 e. The van der Waals surface area contributed by atoms with E-state index in [0.29, 0.717) is 0 Å². The second-order valence-electron chi connectivity index (χ2n) is 5.77. The second kappa shape index (κ2) is 7.86. The maximum atomic E-state index is 13.6. The van der Waals surface area contributed by atoms with Crippen molar-refractivity contribution in [2.24, 2.45) is 0 Å². The van der Waals surface area contributed by atoms with Crippen LogP contribution in [0.25, 0.3) is 0 Å². The van der Waals surface area contributed by atoms with Crippen molar-refractivity contribution in [2.45, 2.75) is 40.9 Å². The minimum atomic E-state index is -8.54. The molecule has 1 rings (SSSR count). The van der Waals surface area contributed by atoms with Crippen molar-refractivity contribution in [3.63, 3.8) is 0 Å². The molecule has 0 unspecified atom stereocenters. The second-order valence-corrected chi connectivity index (χ2v) is 7.05. The number of hydrogen-bond acceptors (Lipinski definition) is 3. The molecule has 0 aliphatic heterocycles. The Kier molecular flexibility index (Phi) is 6.88. The Morgan fingerprint density at radius 1 is 0.529 bits per heavy atom. The highest BCUT2D eigenvalue weighted by atomic mass is 32.3. The normalized spacial score (nSPS) is 15.0. The van der Waals surface area contributed by atoms with Crippen LogP contribution in [0.15, 0.2) is 4.90 Å². The number of halogens is 18. The van der Waals surface area contributed by atoms with Crippen molar-refractivity contribution in [3.8, 4) is 5.75 Å². The van der Waals surface area contributed by atoms with Crippen LogP contribution in [0.1, 0.15) is 0 Å². The molecule has 0 spiro atoms. The van der Waals surface area contributed by atoms with Gasteiger partial charge in [0.05, 0.1) is 0 Å². The van der Waals surface area contributed by atoms with Crippen LogP contribution in [-0.4, -0.2) is 44.4 Å². The first-order valence-corrected chi connectivity index (χ1v) is 8.45. The van der Waals surface area contributed by atoms with Gasteiger partial charge in [-0.1, -0.05) is 0 Å². The number of ether oxygens (including phenoxy) is 1. The molecule has 0 bridgehead atoms. The lowest BCUT2D eigenvalue weighted by atomic mass is 9.97. The van der Waals surface area contributed by atoms with Gasteiger partial charge in [-0.2, -0.15) is 69.9 Å². The average molecular weight is 566 g/mol. The van der Waals surface area contributed by atoms with E-state index >= 15 is 0 Å². The maximum absolute atomic E-state index is 13.6. The van der Waals surface area contributed by atoms with Crippen LogP contribution in [-0.2, 0) is 10.2 Å². The minimum absolute atomic E-state index is 2.19. The van der Waals surface area contributed by atoms with Crippen LogP contribution in [0.3, 0.4) is 0 Å². The number of benzene rings is 1. The zero-order valence-corrected chi connectivity index (χ0v) is 15.3. The predicted molar refractivity (Wildman–Crippen MR) is 66.0 cm³/mol. The molecule has 0 atom stereocenters. The van der Waals surface area contributed by atoms with Gasteiger partial charge >= 0.3 is 46.2 Å². The van der Waals surface area contributed by atoms with Crippen molar-refractivity contribution >= 4 is 10.2 Å². The van der Waals surface area contributed by atoms with Gasteiger partial charge in [-0.15, -0.1) is 3.89 Å². The van der Waals surface area contributed by atoms with Gasteiger partial charge in [0.15, 0.2) is 22.3 Å². The van der Waals surface area contributed by atoms with Gasteiger partial charge in [0.25, 0.3) is 0 Å². The fraction of sp³-hybridized carbons (Fsp3) is 0.500. The third-order valence-electron chi connectivity index (χ3n) is 3.56. The summed E-state index contributed by atoms with van der Waals surface area (Å²) in [4.78, 5) is -3.57. The zero-order chi connectivity index (χ0) is 27.7. The number of rotatable bonds is 7. The topological polar surface area (TPSA) is 43.4 Å². The molecule has 0 aromatic heterocycles. The Morgan fingerprint density at radius 2 is 0.882 bits per heavy atom. The molecule has 0 amide bonds. The minimum Gasteiger partial charge on any atom is -0.423 e. The quantitative estimate of drug-likeness (QED) is 0.177. The van der Waals surface area contributed by atoms with E-state index in [4.69, 9.17) is 0 Å². The van der Waals surface area contributed by atoms with Crippen molar-refractivity contribution in [1.29, 1.82) is 0 Å². The Hall–Kier alpha value is -2.29. The SMILES string of the molecule is O=S(=O)(F)c1c(F)c(F)c(F)c(F)c1OC(F)(F)C(F)(F)C(F)(F)C(F)(F)C(F)(F)C(F)(F)F. The smallest absolute Gasteiger partial charge is 0.423 e. The highest BCUT2D eigenvalue weighted by Crippen LogP contribution is 2.60. The van der Waals surface area contributed by atoms with Gasteiger partial charge in [0.2, 0.25) is 11.6 Å². The van der Waals surface area contributed by atoms with Crippen LogP contribution in [0.5, 0.6) is 5.75 Å². The maximum Gasteiger partial charge on any atom is 0.471 e. The molecule has 1 aromatic rings. The van der Waals surface area contributed by atoms with E-state index < -0.39 is 80.1 Å². The molecule has 0 saturated carbocycles. The molecule has 0 N–H and O–H groups in total. The lowest BCUT2D eigenvalue weighted by Crippen LogP contribution is -2.70. The summed E-state index contributed by atoms with van der Waals surface area (Å²) in [7, 11) is -7.18. The first-order valence-electron chi connectivity index (χ1n) is 7.06. The average Bonchev–Trinajstić information content (AvgIpc) is 2.61. The third-order valence-corrected chi connectivity index (χ3v) is 4.41. The van der Waals surface area contributed by atoms with Gasteiger partial charge in [0.1, 0.15) is 0 Å². The Morgan fingerprint density at radius 3 is 1.24 bits per heavy atom. The van der Waals surface area contributed by atoms with E-state index in [2.05, 4.69) is 4.74 Å². The molecule has 34 heavy (non-hydrogen) atoms. The Labute approximate surface area is 173 Å². The molecule has 3 nitrogen and oxygen atoms in total. The van der Waals surface area contributed by atoms with Gasteiger partial charge in [-0.3, -0.25) is 0 Å². The van der Waals surface area contributed by atoms with Crippen molar-refractivity contribution in [2.75, 3.05) is 0 Å². The van der Waals surface area contributed by atoms with Gasteiger partial charge in [0, 0.05) is 0 Å². The summed E-state index contributed by atoms with van der Waals surface area (Å²) in [5.41, 5.74) is 0. The van der Waals surface area contributed by atoms with E-state index in [9.17, 15) is 86.9 Å². The lowest BCUT2D eigenvalue weighted by Gasteiger charge is -2.39. The fourth-order valence-electron chi connectivity index (χ4n) is 1.85. The van der Waals surface area contributed by atoms with Crippen LogP contribution >= 0.6 is 0 Å². The molecule has 0 radical (unpaired) electrons. The summed E-state index contributed by atoms with van der Waals surface area (Å²) in [5, 5.41) is 0. The van der Waals surface area contributed by atoms with Gasteiger partial charge < -0.3 is 4.74 Å². The molecular formula is C12F18O3S. The van der Waals surface area contributed by atoms with Crippen LogP contribution in [0, 0.1) is 23.3 Å². The lowest BCUT2D eigenvalue weighted by molar-refractivity contribution is -0.457. The summed E-state index contributed by atoms with van der Waals surface area (Å²) >= 11 is 0. The first kappa shape index (κ1) is 29.7. The molecule has 22 heteroatoms. The molecule has 0 saturated heterocycles. The molecule has 0 heterocycles. The number of hydrogen-bond donors (Lipinski definition) is 0. The van der Waals surface area contributed by atoms with E-state index in [1.54, 1.807) is 0 Å². The molecule has 0 aliphatic rings. The summed E-state index contributed by atoms with van der Waals surface area (Å²) in [6.45, 7) is 0. The van der Waals surface area contributed by atoms with Crippen LogP contribution in [0.2, 0.25) is 0 Å². The first-order chi connectivity index (χ1) is 14.6. The van der Waals surface area contributed by atoms with Gasteiger partial charge in [-0.25, -0.2) is 13.2 Å². The summed E-state index contributed by atoms with van der Waals surface area (Å²) in [6, 6.07) is 0. The van der Waals surface area contributed by atoms with Crippen molar-refractivity contribution in [3.05, 3.63) is 23.3 Å². The van der Waals surface area contributed by atoms with E-state index in [1.165, 1.54) is 0 Å². The summed E-state index contributed by atoms with van der Waals surface area (Å²) in [5.74, 6) is -51.4. The zero-order valence-electron chi connectivity index (χ0n) is 14.4. The van der Waals surface area contributed by atoms with Crippen molar-refractivity contribution in [1.82, 2.24) is 0 Å². The van der Waals surface area contributed by atoms with E-state index in [-0.39, 0.29) is 0 Å². The third kappa shape index (κ3) is 4.06. The fourth-order valence-corrected chi connectivity index (χ4v) is 2.50. The van der Waals surface area contributed by atoms with Gasteiger partial charge in [-0.05, 0) is 0 Å². The molecule has 0 aliphatic carbocycles. The van der Waals surface area contributed by atoms with E-state index in [1.807, 2.05) is 0 Å². The predicted octanol–water partition coefficient (Wildman–Crippen LogP) is 5.98. The molecule has 0 fully saturated rings.